The fraction of sp³-hybridized carbons (Fsp3) is 0.350. The summed E-state index contributed by atoms with van der Waals surface area (Å²) in [4.78, 5) is 18.0. The summed E-state index contributed by atoms with van der Waals surface area (Å²) >= 11 is 0. The van der Waals surface area contributed by atoms with Crippen LogP contribution < -0.4 is 5.73 Å². The Morgan fingerprint density at radius 2 is 2.04 bits per heavy atom. The molecule has 142 valence electrons. The summed E-state index contributed by atoms with van der Waals surface area (Å²) < 4.78 is 3.93. The number of anilines is 1. The highest BCUT2D eigenvalue weighted by molar-refractivity contribution is 5.90. The number of nitrogens with two attached hydrogens (primary N) is 1. The van der Waals surface area contributed by atoms with Crippen molar-refractivity contribution in [2.75, 3.05) is 5.73 Å². The molecule has 0 aromatic carbocycles. The highest BCUT2D eigenvalue weighted by atomic mass is 15.3. The van der Waals surface area contributed by atoms with E-state index in [-0.39, 0.29) is 0 Å². The lowest BCUT2D eigenvalue weighted by Crippen LogP contribution is -2.08. The Kier molecular flexibility index (Phi) is 4.03. The molecule has 1 saturated carbocycles. The van der Waals surface area contributed by atoms with Gasteiger partial charge in [-0.2, -0.15) is 5.10 Å². The molecule has 0 atom stereocenters. The van der Waals surface area contributed by atoms with E-state index in [0.717, 1.165) is 47.4 Å². The van der Waals surface area contributed by atoms with Crippen LogP contribution in [0.5, 0.6) is 0 Å². The van der Waals surface area contributed by atoms with Crippen molar-refractivity contribution in [1.82, 2.24) is 34.3 Å². The van der Waals surface area contributed by atoms with Crippen LogP contribution in [0.25, 0.3) is 28.2 Å². The summed E-state index contributed by atoms with van der Waals surface area (Å²) in [5.74, 6) is 1.84. The number of fused-ring (bicyclic) bond motifs is 1. The summed E-state index contributed by atoms with van der Waals surface area (Å²) in [6.45, 7) is 2.09. The van der Waals surface area contributed by atoms with Crippen molar-refractivity contribution in [3.63, 3.8) is 0 Å². The second kappa shape index (κ2) is 6.70. The predicted octanol–water partition coefficient (Wildman–Crippen LogP) is 3.33. The van der Waals surface area contributed by atoms with Gasteiger partial charge in [0.15, 0.2) is 11.5 Å². The number of nitrogens with zero attached hydrogens (tertiary/aromatic N) is 7. The summed E-state index contributed by atoms with van der Waals surface area (Å²) in [5, 5.41) is 5.74. The predicted molar refractivity (Wildman–Crippen MR) is 107 cm³/mol. The molecular weight excluding hydrogens is 352 g/mol. The molecule has 0 radical (unpaired) electrons. The van der Waals surface area contributed by atoms with Crippen molar-refractivity contribution in [2.24, 2.45) is 0 Å². The number of aromatic nitrogens is 7. The van der Waals surface area contributed by atoms with Crippen molar-refractivity contribution in [2.45, 2.75) is 45.1 Å². The average molecular weight is 374 g/mol. The normalized spacial score (nSPS) is 14.9. The molecule has 4 aromatic rings. The number of imidazole rings is 1. The van der Waals surface area contributed by atoms with Gasteiger partial charge in [-0.05, 0) is 31.4 Å². The summed E-state index contributed by atoms with van der Waals surface area (Å²) in [5.41, 5.74) is 9.06. The van der Waals surface area contributed by atoms with E-state index >= 15 is 0 Å². The molecule has 8 heteroatoms. The van der Waals surface area contributed by atoms with Crippen LogP contribution in [0.1, 0.15) is 44.3 Å². The molecule has 1 aliphatic carbocycles. The van der Waals surface area contributed by atoms with Crippen LogP contribution in [0, 0.1) is 0 Å². The van der Waals surface area contributed by atoms with Gasteiger partial charge >= 0.3 is 0 Å². The van der Waals surface area contributed by atoms with Crippen LogP contribution in [0.2, 0.25) is 0 Å². The van der Waals surface area contributed by atoms with Crippen LogP contribution in [0.3, 0.4) is 0 Å². The first-order valence-electron chi connectivity index (χ1n) is 9.74. The maximum atomic E-state index is 6.38. The fourth-order valence-electron chi connectivity index (χ4n) is 4.01. The maximum Gasteiger partial charge on any atom is 0.164 e. The van der Waals surface area contributed by atoms with E-state index in [1.807, 2.05) is 22.9 Å². The molecule has 8 nitrogen and oxygen atoms in total. The van der Waals surface area contributed by atoms with Gasteiger partial charge in [-0.25, -0.2) is 24.6 Å². The first kappa shape index (κ1) is 16.9. The molecule has 0 amide bonds. The number of aryl methyl sites for hydroxylation is 1. The van der Waals surface area contributed by atoms with E-state index in [4.69, 9.17) is 15.8 Å². The number of hydrogen-bond acceptors (Lipinski definition) is 6. The second-order valence-electron chi connectivity index (χ2n) is 7.19. The summed E-state index contributed by atoms with van der Waals surface area (Å²) in [6.07, 6.45) is 12.6. The van der Waals surface area contributed by atoms with E-state index in [1.165, 1.54) is 12.8 Å². The highest BCUT2D eigenvalue weighted by Gasteiger charge is 2.24. The van der Waals surface area contributed by atoms with Gasteiger partial charge in [0.2, 0.25) is 0 Å². The lowest BCUT2D eigenvalue weighted by molar-refractivity contribution is 0.474. The van der Waals surface area contributed by atoms with E-state index in [0.29, 0.717) is 17.7 Å². The lowest BCUT2D eigenvalue weighted by Gasteiger charge is -2.11. The molecule has 0 unspecified atom stereocenters. The number of hydrogen-bond donors (Lipinski definition) is 1. The Bertz CT molecular complexity index is 1120. The van der Waals surface area contributed by atoms with Crippen LogP contribution in [0.4, 0.5) is 5.82 Å². The minimum Gasteiger partial charge on any atom is -0.383 e. The molecule has 28 heavy (non-hydrogen) atoms. The van der Waals surface area contributed by atoms with Gasteiger partial charge in [-0.3, -0.25) is 4.57 Å². The summed E-state index contributed by atoms with van der Waals surface area (Å²) in [7, 11) is 0. The fourth-order valence-corrected chi connectivity index (χ4v) is 4.01. The number of nitrogen functional groups attached to an aromatic ring is 1. The molecule has 0 bridgehead atoms. The monoisotopic (exact) mass is 374 g/mol. The van der Waals surface area contributed by atoms with E-state index in [2.05, 4.69) is 26.6 Å². The maximum absolute atomic E-state index is 6.38. The zero-order valence-corrected chi connectivity index (χ0v) is 15.8. The molecule has 0 spiro atoms. The minimum absolute atomic E-state index is 0.392. The molecule has 5 rings (SSSR count). The third kappa shape index (κ3) is 2.72. The number of rotatable bonds is 4. The van der Waals surface area contributed by atoms with Crippen molar-refractivity contribution in [1.29, 1.82) is 0 Å². The number of pyridine rings is 1. The van der Waals surface area contributed by atoms with Crippen LogP contribution in [-0.2, 0) is 6.42 Å². The Balaban J connectivity index is 1.67. The molecule has 4 heterocycles. The van der Waals surface area contributed by atoms with Gasteiger partial charge in [0.25, 0.3) is 0 Å². The summed E-state index contributed by atoms with van der Waals surface area (Å²) in [6, 6.07) is 4.24. The van der Waals surface area contributed by atoms with Crippen molar-refractivity contribution in [3.05, 3.63) is 42.7 Å². The van der Waals surface area contributed by atoms with Crippen molar-refractivity contribution >= 4 is 16.9 Å². The van der Waals surface area contributed by atoms with Crippen LogP contribution >= 0.6 is 0 Å². The third-order valence-electron chi connectivity index (χ3n) is 5.43. The van der Waals surface area contributed by atoms with Gasteiger partial charge in [0.1, 0.15) is 18.0 Å². The standard InChI is InChI=1S/C20H22N8/c1-2-15-17-18(21)24-19(25-20(17)28(26-15)14-5-3-4-6-14)13-7-8-23-16(11-13)27-10-9-22-12-27/h7-12,14H,2-6H2,1H3,(H2,21,24,25). The van der Waals surface area contributed by atoms with Crippen LogP contribution in [0.15, 0.2) is 37.1 Å². The molecular formula is C20H22N8. The van der Waals surface area contributed by atoms with Crippen molar-refractivity contribution in [3.8, 4) is 17.2 Å². The second-order valence-corrected chi connectivity index (χ2v) is 7.19. The zero-order chi connectivity index (χ0) is 19.1. The van der Waals surface area contributed by atoms with Gasteiger partial charge < -0.3 is 5.73 Å². The molecule has 1 fully saturated rings. The molecule has 4 aromatic heterocycles. The Morgan fingerprint density at radius 3 is 2.79 bits per heavy atom. The minimum atomic E-state index is 0.392. The van der Waals surface area contributed by atoms with Gasteiger partial charge in [0, 0.05) is 24.2 Å². The third-order valence-corrected chi connectivity index (χ3v) is 5.43. The lowest BCUT2D eigenvalue weighted by atomic mass is 10.2. The Hall–Kier alpha value is -3.29. The largest absolute Gasteiger partial charge is 0.383 e. The van der Waals surface area contributed by atoms with Gasteiger partial charge in [-0.1, -0.05) is 19.8 Å². The quantitative estimate of drug-likeness (QED) is 0.588. The molecule has 0 aliphatic heterocycles. The Labute approximate surface area is 162 Å². The smallest absolute Gasteiger partial charge is 0.164 e. The van der Waals surface area contributed by atoms with Crippen LogP contribution in [-0.4, -0.2) is 34.3 Å². The van der Waals surface area contributed by atoms with E-state index < -0.39 is 0 Å². The molecule has 1 aliphatic rings. The van der Waals surface area contributed by atoms with Crippen molar-refractivity contribution < 1.29 is 0 Å². The molecule has 2 N–H and O–H groups in total. The molecule has 0 saturated heterocycles. The average Bonchev–Trinajstić information content (AvgIpc) is 3.47. The first-order chi connectivity index (χ1) is 13.7. The highest BCUT2D eigenvalue weighted by Crippen LogP contribution is 2.34. The zero-order valence-electron chi connectivity index (χ0n) is 15.8. The van der Waals surface area contributed by atoms with Gasteiger partial charge in [-0.15, -0.1) is 0 Å². The van der Waals surface area contributed by atoms with E-state index in [9.17, 15) is 0 Å². The first-order valence-corrected chi connectivity index (χ1v) is 9.74. The SMILES string of the molecule is CCc1nn(C2CCCC2)c2nc(-c3ccnc(-n4ccnc4)c3)nc(N)c12. The Morgan fingerprint density at radius 1 is 1.18 bits per heavy atom. The van der Waals surface area contributed by atoms with E-state index in [1.54, 1.807) is 18.7 Å². The van der Waals surface area contributed by atoms with Gasteiger partial charge in [0.05, 0.1) is 17.1 Å². The topological polar surface area (TPSA) is 100 Å².